The first-order valence-electron chi connectivity index (χ1n) is 13.8. The molecule has 4 aromatic carbocycles. The highest BCUT2D eigenvalue weighted by Gasteiger charge is 2.42. The van der Waals surface area contributed by atoms with E-state index in [-0.39, 0.29) is 12.2 Å². The van der Waals surface area contributed by atoms with Gasteiger partial charge in [-0.1, -0.05) is 134 Å². The monoisotopic (exact) mass is 532 g/mol. The Bertz CT molecular complexity index is 1320. The van der Waals surface area contributed by atoms with E-state index in [9.17, 15) is 0 Å². The molecular weight excluding hydrogens is 496 g/mol. The highest BCUT2D eigenvalue weighted by atomic mass is 16.6. The van der Waals surface area contributed by atoms with Crippen molar-refractivity contribution >= 4 is 0 Å². The molecule has 0 saturated carbocycles. The summed E-state index contributed by atoms with van der Waals surface area (Å²) in [6.07, 6.45) is 2.38. The van der Waals surface area contributed by atoms with E-state index in [1.54, 1.807) is 0 Å². The molecule has 0 radical (unpaired) electrons. The average molecular weight is 533 g/mol. The van der Waals surface area contributed by atoms with Crippen molar-refractivity contribution in [3.8, 4) is 0 Å². The molecule has 0 spiro atoms. The van der Waals surface area contributed by atoms with Crippen molar-refractivity contribution < 1.29 is 18.9 Å². The summed E-state index contributed by atoms with van der Waals surface area (Å²) in [4.78, 5) is 0. The van der Waals surface area contributed by atoms with Crippen LogP contribution in [0.4, 0.5) is 0 Å². The van der Waals surface area contributed by atoms with Crippen LogP contribution in [0.15, 0.2) is 146 Å². The zero-order valence-corrected chi connectivity index (χ0v) is 22.7. The van der Waals surface area contributed by atoms with Gasteiger partial charge in [0.1, 0.15) is 24.4 Å². The van der Waals surface area contributed by atoms with Crippen molar-refractivity contribution in [2.75, 3.05) is 0 Å². The van der Waals surface area contributed by atoms with Crippen molar-refractivity contribution in [3.05, 3.63) is 168 Å². The predicted octanol–water partition coefficient (Wildman–Crippen LogP) is 7.45. The van der Waals surface area contributed by atoms with Crippen LogP contribution in [0.1, 0.15) is 22.3 Å². The molecule has 0 heterocycles. The lowest BCUT2D eigenvalue weighted by Gasteiger charge is -2.41. The molecule has 4 nitrogen and oxygen atoms in total. The van der Waals surface area contributed by atoms with E-state index in [4.69, 9.17) is 18.9 Å². The topological polar surface area (TPSA) is 36.9 Å². The molecule has 0 saturated heterocycles. The Morgan fingerprint density at radius 3 is 1.27 bits per heavy atom. The second-order valence-corrected chi connectivity index (χ2v) is 9.87. The number of hydrogen-bond donors (Lipinski definition) is 0. The number of hydrogen-bond acceptors (Lipinski definition) is 4. The molecule has 0 N–H and O–H groups in total. The van der Waals surface area contributed by atoms with Crippen molar-refractivity contribution in [1.82, 2.24) is 0 Å². The van der Waals surface area contributed by atoms with Crippen molar-refractivity contribution in [2.45, 2.75) is 50.8 Å². The third-order valence-corrected chi connectivity index (χ3v) is 7.00. The number of rotatable bonds is 13. The third kappa shape index (κ3) is 7.65. The molecule has 40 heavy (non-hydrogen) atoms. The van der Waals surface area contributed by atoms with Crippen LogP contribution in [-0.4, -0.2) is 24.4 Å². The quantitative estimate of drug-likeness (QED) is 0.179. The van der Waals surface area contributed by atoms with Gasteiger partial charge in [0.15, 0.2) is 0 Å². The molecule has 4 aromatic rings. The highest BCUT2D eigenvalue weighted by molar-refractivity contribution is 5.30. The van der Waals surface area contributed by atoms with Gasteiger partial charge >= 0.3 is 0 Å². The van der Waals surface area contributed by atoms with E-state index in [0.29, 0.717) is 26.4 Å². The van der Waals surface area contributed by atoms with Crippen molar-refractivity contribution in [2.24, 2.45) is 0 Å². The normalized spacial score (nSPS) is 20.6. The maximum absolute atomic E-state index is 6.67. The minimum absolute atomic E-state index is 0.353. The zero-order chi connectivity index (χ0) is 27.4. The van der Waals surface area contributed by atoms with Crippen LogP contribution in [0, 0.1) is 0 Å². The molecule has 204 valence electrons. The molecule has 0 fully saturated rings. The van der Waals surface area contributed by atoms with E-state index >= 15 is 0 Å². The zero-order valence-electron chi connectivity index (χ0n) is 22.7. The SMILES string of the molecule is C=CC1=C[C@@H](OCc2ccccc2)[C@@H](OCc2ccccc2)[C@H](OCc2ccccc2)[C@@H]1OCc1ccccc1. The van der Waals surface area contributed by atoms with Crippen LogP contribution in [0.2, 0.25) is 0 Å². The van der Waals surface area contributed by atoms with E-state index in [0.717, 1.165) is 27.8 Å². The van der Waals surface area contributed by atoms with Crippen LogP contribution in [-0.2, 0) is 45.4 Å². The summed E-state index contributed by atoms with van der Waals surface area (Å²) >= 11 is 0. The molecular formula is C36H36O4. The van der Waals surface area contributed by atoms with E-state index in [2.05, 4.69) is 61.2 Å². The number of ether oxygens (including phenoxy) is 4. The van der Waals surface area contributed by atoms with Gasteiger partial charge in [0.05, 0.1) is 26.4 Å². The first-order valence-corrected chi connectivity index (χ1v) is 13.8. The molecule has 0 bridgehead atoms. The van der Waals surface area contributed by atoms with E-state index in [1.807, 2.05) is 78.9 Å². The lowest BCUT2D eigenvalue weighted by molar-refractivity contribution is -0.180. The largest absolute Gasteiger partial charge is 0.368 e. The maximum atomic E-state index is 6.67. The van der Waals surface area contributed by atoms with Gasteiger partial charge in [-0.3, -0.25) is 0 Å². The second-order valence-electron chi connectivity index (χ2n) is 9.87. The Morgan fingerprint density at radius 1 is 0.475 bits per heavy atom. The molecule has 1 aliphatic carbocycles. The lowest BCUT2D eigenvalue weighted by Crippen LogP contribution is -2.52. The summed E-state index contributed by atoms with van der Waals surface area (Å²) in [5, 5.41) is 0. The predicted molar refractivity (Wildman–Crippen MR) is 158 cm³/mol. The van der Waals surface area contributed by atoms with Gasteiger partial charge < -0.3 is 18.9 Å². The fraction of sp³-hybridized carbons (Fsp3) is 0.222. The second kappa shape index (κ2) is 14.5. The van der Waals surface area contributed by atoms with Crippen LogP contribution in [0.3, 0.4) is 0 Å². The molecule has 0 aromatic heterocycles. The first-order chi connectivity index (χ1) is 19.8. The van der Waals surface area contributed by atoms with Gasteiger partial charge in [0, 0.05) is 0 Å². The smallest absolute Gasteiger partial charge is 0.117 e. The van der Waals surface area contributed by atoms with Crippen molar-refractivity contribution in [1.29, 1.82) is 0 Å². The van der Waals surface area contributed by atoms with E-state index in [1.165, 1.54) is 0 Å². The fourth-order valence-corrected chi connectivity index (χ4v) is 4.88. The van der Waals surface area contributed by atoms with Crippen molar-refractivity contribution in [3.63, 3.8) is 0 Å². The van der Waals surface area contributed by atoms with Gasteiger partial charge in [0.2, 0.25) is 0 Å². The van der Waals surface area contributed by atoms with Gasteiger partial charge in [-0.25, -0.2) is 0 Å². The summed E-state index contributed by atoms with van der Waals surface area (Å²) in [5.41, 5.74) is 5.31. The molecule has 0 aliphatic heterocycles. The maximum Gasteiger partial charge on any atom is 0.117 e. The van der Waals surface area contributed by atoms with Gasteiger partial charge in [0.25, 0.3) is 0 Å². The number of benzene rings is 4. The average Bonchev–Trinajstić information content (AvgIpc) is 3.03. The molecule has 0 amide bonds. The highest BCUT2D eigenvalue weighted by Crippen LogP contribution is 2.32. The summed E-state index contributed by atoms with van der Waals surface area (Å²) in [6.45, 7) is 5.88. The standard InChI is InChI=1S/C36H36O4/c1-2-32-23-33(37-24-28-15-7-3-8-16-28)35(39-26-30-19-11-5-12-20-30)36(40-27-31-21-13-6-14-22-31)34(32)38-25-29-17-9-4-10-18-29/h2-23,33-36H,1,24-27H2/t33-,34-,35-,36-/m1/s1. The lowest BCUT2D eigenvalue weighted by atomic mass is 9.88. The van der Waals surface area contributed by atoms with Gasteiger partial charge in [-0.05, 0) is 33.9 Å². The Labute approximate surface area is 237 Å². The third-order valence-electron chi connectivity index (χ3n) is 7.00. The minimum Gasteiger partial charge on any atom is -0.368 e. The Balaban J connectivity index is 1.44. The Hall–Kier alpha value is -3.80. The summed E-state index contributed by atoms with van der Waals surface area (Å²) in [5.74, 6) is 0. The van der Waals surface area contributed by atoms with Gasteiger partial charge in [-0.15, -0.1) is 0 Å². The van der Waals surface area contributed by atoms with Crippen LogP contribution < -0.4 is 0 Å². The molecule has 1 aliphatic rings. The summed E-state index contributed by atoms with van der Waals surface area (Å²) in [7, 11) is 0. The fourth-order valence-electron chi connectivity index (χ4n) is 4.88. The van der Waals surface area contributed by atoms with Crippen LogP contribution >= 0.6 is 0 Å². The molecule has 4 atom stereocenters. The Morgan fingerprint density at radius 2 is 0.850 bits per heavy atom. The van der Waals surface area contributed by atoms with Crippen LogP contribution in [0.25, 0.3) is 0 Å². The summed E-state index contributed by atoms with van der Waals surface area (Å²) < 4.78 is 26.4. The first kappa shape index (κ1) is 27.8. The van der Waals surface area contributed by atoms with E-state index < -0.39 is 12.2 Å². The Kier molecular flexibility index (Phi) is 10.1. The molecule has 0 unspecified atom stereocenters. The van der Waals surface area contributed by atoms with Crippen LogP contribution in [0.5, 0.6) is 0 Å². The molecule has 4 heteroatoms. The minimum atomic E-state index is -0.425. The van der Waals surface area contributed by atoms with Gasteiger partial charge in [-0.2, -0.15) is 0 Å². The molecule has 5 rings (SSSR count). The summed E-state index contributed by atoms with van der Waals surface area (Å²) in [6, 6.07) is 40.7.